The number of nitrogens with zero attached hydrogens (tertiary/aromatic N) is 1. The zero-order valence-corrected chi connectivity index (χ0v) is 40.3. The summed E-state index contributed by atoms with van der Waals surface area (Å²) in [6.45, 7) is 14.8. The van der Waals surface area contributed by atoms with E-state index in [4.69, 9.17) is 15.2 Å². The summed E-state index contributed by atoms with van der Waals surface area (Å²) in [7, 11) is -4.10. The van der Waals surface area contributed by atoms with Crippen LogP contribution < -0.4 is 31.1 Å². The average molecular weight is 923 g/mol. The second-order valence-electron chi connectivity index (χ2n) is 18.6. The number of nitrogens with one attached hydrogen (secondary N) is 4. The third-order valence-electron chi connectivity index (χ3n) is 11.5. The molecule has 14 nitrogen and oxygen atoms in total. The van der Waals surface area contributed by atoms with E-state index in [9.17, 15) is 27.6 Å². The number of nitrogens with two attached hydrogens (primary N) is 1. The average Bonchev–Trinajstić information content (AvgIpc) is 3.24. The lowest BCUT2D eigenvalue weighted by Gasteiger charge is -2.35. The summed E-state index contributed by atoms with van der Waals surface area (Å²) in [5.74, 6) is -0.954. The second-order valence-corrected chi connectivity index (χ2v) is 20.2. The number of carbonyl (C=O) groups is 4. The van der Waals surface area contributed by atoms with E-state index in [-0.39, 0.29) is 54.5 Å². The van der Waals surface area contributed by atoms with Crippen molar-refractivity contribution >= 4 is 39.7 Å². The van der Waals surface area contributed by atoms with Crippen LogP contribution in [0.2, 0.25) is 0 Å². The SMILES string of the molecule is Cc1c(C)c(S(=O)(=O)NC(N)=NCCCC[C@H](NC(=O)[C@H](Cc2ccccc2)NC(=O)[C@H](Cc2ccccc2)NC(=O)OC(C)(C)C)C(=O)Cc2ccccc2)c(C)c2c1OC(C)(C)CC2. The highest BCUT2D eigenvalue weighted by atomic mass is 32.2. The molecule has 1 aliphatic rings. The number of rotatable bonds is 19. The summed E-state index contributed by atoms with van der Waals surface area (Å²) < 4.78 is 41.7. The van der Waals surface area contributed by atoms with E-state index >= 15 is 0 Å². The summed E-state index contributed by atoms with van der Waals surface area (Å²) in [6.07, 6.45) is 1.99. The second kappa shape index (κ2) is 22.3. The number of hydrogen-bond donors (Lipinski definition) is 5. The predicted molar refractivity (Wildman–Crippen MR) is 257 cm³/mol. The normalized spacial score (nSPS) is 14.9. The number of fused-ring (bicyclic) bond motifs is 1. The lowest BCUT2D eigenvalue weighted by atomic mass is 9.88. The van der Waals surface area contributed by atoms with Gasteiger partial charge in [0.2, 0.25) is 17.8 Å². The van der Waals surface area contributed by atoms with Gasteiger partial charge in [-0.05, 0) is 126 Å². The van der Waals surface area contributed by atoms with E-state index in [1.165, 1.54) is 0 Å². The lowest BCUT2D eigenvalue weighted by molar-refractivity contribution is -0.132. The molecule has 1 heterocycles. The highest BCUT2D eigenvalue weighted by Gasteiger charge is 2.34. The van der Waals surface area contributed by atoms with Crippen LogP contribution in [0.5, 0.6) is 5.75 Å². The Balaban J connectivity index is 1.30. The molecule has 0 fully saturated rings. The van der Waals surface area contributed by atoms with Gasteiger partial charge in [0.05, 0.1) is 10.9 Å². The number of Topliss-reactive ketones (excluding diaryl/α,β-unsaturated/α-hetero) is 1. The fourth-order valence-electron chi connectivity index (χ4n) is 7.98. The van der Waals surface area contributed by atoms with E-state index in [1.807, 2.05) is 112 Å². The molecule has 0 spiro atoms. The first-order valence-electron chi connectivity index (χ1n) is 22.5. The molecule has 0 aromatic heterocycles. The molecular formula is C51H66N6O8S. The summed E-state index contributed by atoms with van der Waals surface area (Å²) in [5, 5.41) is 8.49. The Morgan fingerprint density at radius 1 is 0.742 bits per heavy atom. The summed E-state index contributed by atoms with van der Waals surface area (Å²) in [5.41, 5.74) is 10.1. The molecule has 4 aromatic rings. The van der Waals surface area contributed by atoms with Crippen molar-refractivity contribution in [1.29, 1.82) is 0 Å². The molecule has 0 saturated carbocycles. The molecule has 6 N–H and O–H groups in total. The van der Waals surface area contributed by atoms with Gasteiger partial charge in [-0.3, -0.25) is 19.4 Å². The molecule has 0 saturated heterocycles. The van der Waals surface area contributed by atoms with Crippen molar-refractivity contribution in [2.45, 2.75) is 141 Å². The number of sulfonamides is 1. The van der Waals surface area contributed by atoms with Gasteiger partial charge in [-0.2, -0.15) is 0 Å². The van der Waals surface area contributed by atoms with Crippen molar-refractivity contribution in [1.82, 2.24) is 20.7 Å². The van der Waals surface area contributed by atoms with Crippen molar-refractivity contribution in [2.75, 3.05) is 6.54 Å². The van der Waals surface area contributed by atoms with E-state index in [0.717, 1.165) is 40.0 Å². The van der Waals surface area contributed by atoms with Gasteiger partial charge in [0, 0.05) is 25.8 Å². The van der Waals surface area contributed by atoms with Crippen LogP contribution in [0.15, 0.2) is 101 Å². The Kier molecular flexibility index (Phi) is 17.2. The molecule has 0 radical (unpaired) electrons. The Bertz CT molecular complexity index is 2470. The summed E-state index contributed by atoms with van der Waals surface area (Å²) >= 11 is 0. The minimum absolute atomic E-state index is 0.0538. The maximum Gasteiger partial charge on any atom is 0.408 e. The van der Waals surface area contributed by atoms with Crippen molar-refractivity contribution in [3.8, 4) is 5.75 Å². The number of ketones is 1. The number of amides is 3. The van der Waals surface area contributed by atoms with Gasteiger partial charge < -0.3 is 31.2 Å². The van der Waals surface area contributed by atoms with Crippen LogP contribution in [0.25, 0.3) is 0 Å². The first kappa shape index (κ1) is 50.8. The Morgan fingerprint density at radius 2 is 1.26 bits per heavy atom. The zero-order chi connectivity index (χ0) is 48.2. The highest BCUT2D eigenvalue weighted by molar-refractivity contribution is 7.90. The molecular weight excluding hydrogens is 857 g/mol. The van der Waals surface area contributed by atoms with Crippen molar-refractivity contribution in [2.24, 2.45) is 10.7 Å². The third kappa shape index (κ3) is 14.6. The number of guanidine groups is 1. The lowest BCUT2D eigenvalue weighted by Crippen LogP contribution is -2.57. The highest BCUT2D eigenvalue weighted by Crippen LogP contribution is 2.42. The minimum Gasteiger partial charge on any atom is -0.487 e. The standard InChI is InChI=1S/C51H66N6O8S/c1-33-34(2)45(35(3)39-27-28-51(7,8)64-44(33)39)66(62,63)57-48(52)53-29-19-18-26-40(43(58)32-38-24-16-11-17-25-38)54-46(59)41(30-36-20-12-9-13-21-36)55-47(60)42(31-37-22-14-10-15-23-37)56-49(61)65-50(4,5)6/h9-17,20-25,40-42H,18-19,26-32H2,1-8H3,(H,54,59)(H,55,60)(H,56,61)(H3,52,53,57)/t40-,41-,42-/m0/s1. The first-order chi connectivity index (χ1) is 31.1. The molecule has 0 unspecified atom stereocenters. The number of benzene rings is 4. The topological polar surface area (TPSA) is 207 Å². The van der Waals surface area contributed by atoms with Gasteiger partial charge in [0.15, 0.2) is 5.78 Å². The van der Waals surface area contributed by atoms with Gasteiger partial charge >= 0.3 is 6.09 Å². The van der Waals surface area contributed by atoms with Gasteiger partial charge in [-0.15, -0.1) is 0 Å². The summed E-state index contributed by atoms with van der Waals surface area (Å²) in [4.78, 5) is 59.8. The maximum atomic E-state index is 14.3. The van der Waals surface area contributed by atoms with E-state index in [1.54, 1.807) is 34.6 Å². The minimum atomic E-state index is -4.10. The first-order valence-corrected chi connectivity index (χ1v) is 24.0. The number of carbonyl (C=O) groups excluding carboxylic acids is 4. The van der Waals surface area contributed by atoms with Crippen LogP contribution in [0.1, 0.15) is 99.2 Å². The molecule has 4 aromatic carbocycles. The molecule has 0 bridgehead atoms. The fraction of sp³-hybridized carbons (Fsp3) is 0.431. The fourth-order valence-corrected chi connectivity index (χ4v) is 9.50. The van der Waals surface area contributed by atoms with Crippen molar-refractivity contribution in [3.63, 3.8) is 0 Å². The Hall–Kier alpha value is -6.22. The Labute approximate surface area is 390 Å². The molecule has 3 amide bonds. The van der Waals surface area contributed by atoms with Crippen molar-refractivity contribution in [3.05, 3.63) is 130 Å². The van der Waals surface area contributed by atoms with E-state index in [0.29, 0.717) is 30.4 Å². The van der Waals surface area contributed by atoms with Gasteiger partial charge in [-0.25, -0.2) is 17.9 Å². The number of ether oxygens (including phenoxy) is 2. The van der Waals surface area contributed by atoms with Crippen LogP contribution in [0.4, 0.5) is 4.79 Å². The molecule has 0 aliphatic carbocycles. The number of unbranched alkanes of at least 4 members (excludes halogenated alkanes) is 1. The van der Waals surface area contributed by atoms with E-state index in [2.05, 4.69) is 25.7 Å². The quantitative estimate of drug-likeness (QED) is 0.0388. The van der Waals surface area contributed by atoms with Gasteiger partial charge in [0.25, 0.3) is 10.0 Å². The number of hydrogen-bond acceptors (Lipinski definition) is 9. The van der Waals surface area contributed by atoms with E-state index < -0.39 is 51.7 Å². The largest absolute Gasteiger partial charge is 0.487 e. The smallest absolute Gasteiger partial charge is 0.408 e. The zero-order valence-electron chi connectivity index (χ0n) is 39.5. The molecule has 1 aliphatic heterocycles. The van der Waals surface area contributed by atoms with Crippen molar-refractivity contribution < 1.29 is 37.1 Å². The predicted octanol–water partition coefficient (Wildman–Crippen LogP) is 6.64. The van der Waals surface area contributed by atoms with Gasteiger partial charge in [0.1, 0.15) is 29.0 Å². The monoisotopic (exact) mass is 922 g/mol. The van der Waals surface area contributed by atoms with Crippen LogP contribution in [0.3, 0.4) is 0 Å². The maximum absolute atomic E-state index is 14.3. The van der Waals surface area contributed by atoms with Gasteiger partial charge in [-0.1, -0.05) is 91.0 Å². The molecule has 15 heteroatoms. The number of alkyl carbamates (subject to hydrolysis) is 1. The summed E-state index contributed by atoms with van der Waals surface area (Å²) in [6, 6.07) is 24.4. The third-order valence-corrected chi connectivity index (χ3v) is 13.1. The molecule has 66 heavy (non-hydrogen) atoms. The Morgan fingerprint density at radius 3 is 1.80 bits per heavy atom. The molecule has 3 atom stereocenters. The van der Waals surface area contributed by atoms with Crippen LogP contribution >= 0.6 is 0 Å². The molecule has 354 valence electrons. The molecule has 5 rings (SSSR count). The van der Waals surface area contributed by atoms with Crippen LogP contribution in [-0.2, 0) is 54.8 Å². The van der Waals surface area contributed by atoms with Crippen LogP contribution in [0, 0.1) is 20.8 Å². The van der Waals surface area contributed by atoms with Crippen LogP contribution in [-0.4, -0.2) is 73.9 Å². The number of aliphatic imine (C=N–C) groups is 1.